The molecule has 0 aliphatic heterocycles. The van der Waals surface area contributed by atoms with Crippen LogP contribution >= 0.6 is 11.8 Å². The van der Waals surface area contributed by atoms with Gasteiger partial charge in [-0.2, -0.15) is 0 Å². The number of anilines is 1. The number of carbonyl (C=O) groups excluding carboxylic acids is 1. The van der Waals surface area contributed by atoms with Gasteiger partial charge in [-0.3, -0.25) is 4.79 Å². The van der Waals surface area contributed by atoms with Crippen LogP contribution < -0.4 is 5.32 Å². The highest BCUT2D eigenvalue weighted by atomic mass is 32.2. The Morgan fingerprint density at radius 3 is 2.23 bits per heavy atom. The highest BCUT2D eigenvalue weighted by Crippen LogP contribution is 2.26. The molecule has 1 aromatic heterocycles. The van der Waals surface area contributed by atoms with Crippen molar-refractivity contribution in [3.63, 3.8) is 0 Å². The number of carbonyl (C=O) groups is 1. The molecule has 1 heterocycles. The van der Waals surface area contributed by atoms with E-state index in [4.69, 9.17) is 0 Å². The van der Waals surface area contributed by atoms with E-state index in [0.29, 0.717) is 5.56 Å². The van der Waals surface area contributed by atoms with E-state index in [2.05, 4.69) is 15.3 Å². The fourth-order valence-corrected chi connectivity index (χ4v) is 3.51. The predicted octanol–water partition coefficient (Wildman–Crippen LogP) is 5.11. The van der Waals surface area contributed by atoms with E-state index in [1.807, 2.05) is 76.2 Å². The molecule has 0 saturated heterocycles. The Bertz CT molecular complexity index is 932. The predicted molar refractivity (Wildman–Crippen MR) is 106 cm³/mol. The first-order chi connectivity index (χ1) is 12.4. The number of nitrogens with zero attached hydrogens (tertiary/aromatic N) is 2. The SMILES string of the molecule is Cc1cc(C)nc(Sc2ccc(NC(=O)c3cccc(C)c3C)cc2)n1. The van der Waals surface area contributed by atoms with Crippen LogP contribution in [-0.2, 0) is 0 Å². The van der Waals surface area contributed by atoms with Gasteiger partial charge in [0.1, 0.15) is 0 Å². The van der Waals surface area contributed by atoms with Gasteiger partial charge in [-0.15, -0.1) is 0 Å². The highest BCUT2D eigenvalue weighted by molar-refractivity contribution is 7.99. The van der Waals surface area contributed by atoms with Crippen LogP contribution in [0.15, 0.2) is 58.6 Å². The number of rotatable bonds is 4. The van der Waals surface area contributed by atoms with Crippen LogP contribution in [0.5, 0.6) is 0 Å². The molecule has 3 rings (SSSR count). The van der Waals surface area contributed by atoms with Crippen molar-refractivity contribution in [3.05, 3.63) is 76.6 Å². The first kappa shape index (κ1) is 18.1. The lowest BCUT2D eigenvalue weighted by Crippen LogP contribution is -2.13. The van der Waals surface area contributed by atoms with Gasteiger partial charge >= 0.3 is 0 Å². The number of amides is 1. The van der Waals surface area contributed by atoms with Gasteiger partial charge in [-0.1, -0.05) is 12.1 Å². The van der Waals surface area contributed by atoms with E-state index in [-0.39, 0.29) is 5.91 Å². The van der Waals surface area contributed by atoms with Crippen LogP contribution in [0.2, 0.25) is 0 Å². The normalized spacial score (nSPS) is 10.6. The fraction of sp³-hybridized carbons (Fsp3) is 0.190. The Hall–Kier alpha value is -2.66. The lowest BCUT2D eigenvalue weighted by molar-refractivity contribution is 0.102. The summed E-state index contributed by atoms with van der Waals surface area (Å²) in [5.41, 5.74) is 5.49. The minimum Gasteiger partial charge on any atom is -0.322 e. The van der Waals surface area contributed by atoms with Crippen LogP contribution in [0.4, 0.5) is 5.69 Å². The molecule has 1 N–H and O–H groups in total. The van der Waals surface area contributed by atoms with Gasteiger partial charge in [-0.25, -0.2) is 9.97 Å². The zero-order valence-corrected chi connectivity index (χ0v) is 16.1. The second kappa shape index (κ2) is 7.70. The number of hydrogen-bond donors (Lipinski definition) is 1. The van der Waals surface area contributed by atoms with E-state index < -0.39 is 0 Å². The maximum atomic E-state index is 12.5. The van der Waals surface area contributed by atoms with Crippen molar-refractivity contribution in [2.75, 3.05) is 5.32 Å². The standard InChI is InChI=1S/C21H21N3OS/c1-13-6-5-7-19(16(13)4)20(25)24-17-8-10-18(11-9-17)26-21-22-14(2)12-15(3)23-21/h5-12H,1-4H3,(H,24,25). The van der Waals surface area contributed by atoms with Crippen LogP contribution in [0.1, 0.15) is 32.9 Å². The average molecular weight is 363 g/mol. The molecule has 5 heteroatoms. The van der Waals surface area contributed by atoms with Gasteiger partial charge in [-0.05, 0) is 87.0 Å². The maximum Gasteiger partial charge on any atom is 0.255 e. The largest absolute Gasteiger partial charge is 0.322 e. The number of aryl methyl sites for hydroxylation is 3. The molecule has 0 bridgehead atoms. The molecule has 4 nitrogen and oxygen atoms in total. The summed E-state index contributed by atoms with van der Waals surface area (Å²) in [7, 11) is 0. The second-order valence-electron chi connectivity index (χ2n) is 6.26. The number of aromatic nitrogens is 2. The summed E-state index contributed by atoms with van der Waals surface area (Å²) < 4.78 is 0. The van der Waals surface area contributed by atoms with E-state index in [9.17, 15) is 4.79 Å². The number of nitrogens with one attached hydrogen (secondary N) is 1. The van der Waals surface area contributed by atoms with Gasteiger partial charge in [0, 0.05) is 27.5 Å². The van der Waals surface area contributed by atoms with Gasteiger partial charge in [0.25, 0.3) is 5.91 Å². The van der Waals surface area contributed by atoms with E-state index in [1.165, 1.54) is 11.8 Å². The van der Waals surface area contributed by atoms with Crippen molar-refractivity contribution < 1.29 is 4.79 Å². The quantitative estimate of drug-likeness (QED) is 0.654. The molecule has 0 aliphatic rings. The molecule has 2 aromatic carbocycles. The fourth-order valence-electron chi connectivity index (χ4n) is 2.65. The molecule has 0 fully saturated rings. The van der Waals surface area contributed by atoms with Crippen LogP contribution in [0, 0.1) is 27.7 Å². The summed E-state index contributed by atoms with van der Waals surface area (Å²) in [6.45, 7) is 7.90. The zero-order chi connectivity index (χ0) is 18.7. The summed E-state index contributed by atoms with van der Waals surface area (Å²) in [4.78, 5) is 22.4. The molecule has 26 heavy (non-hydrogen) atoms. The number of benzene rings is 2. The molecule has 132 valence electrons. The van der Waals surface area contributed by atoms with Crippen molar-refractivity contribution in [2.45, 2.75) is 37.7 Å². The molecular formula is C21H21N3OS. The molecule has 3 aromatic rings. The topological polar surface area (TPSA) is 54.9 Å². The lowest BCUT2D eigenvalue weighted by atomic mass is 10.0. The van der Waals surface area contributed by atoms with Gasteiger partial charge in [0.2, 0.25) is 0 Å². The summed E-state index contributed by atoms with van der Waals surface area (Å²) in [6, 6.07) is 15.4. The Kier molecular flexibility index (Phi) is 5.38. The highest BCUT2D eigenvalue weighted by Gasteiger charge is 2.10. The first-order valence-electron chi connectivity index (χ1n) is 8.40. The smallest absolute Gasteiger partial charge is 0.255 e. The summed E-state index contributed by atoms with van der Waals surface area (Å²) in [5, 5.41) is 3.69. The summed E-state index contributed by atoms with van der Waals surface area (Å²) >= 11 is 1.51. The minimum atomic E-state index is -0.0933. The summed E-state index contributed by atoms with van der Waals surface area (Å²) in [5.74, 6) is -0.0933. The van der Waals surface area contributed by atoms with Gasteiger partial charge in [0.15, 0.2) is 5.16 Å². The van der Waals surface area contributed by atoms with Crippen LogP contribution in [0.25, 0.3) is 0 Å². The molecule has 0 aliphatic carbocycles. The lowest BCUT2D eigenvalue weighted by Gasteiger charge is -2.10. The van der Waals surface area contributed by atoms with Crippen LogP contribution in [0.3, 0.4) is 0 Å². The zero-order valence-electron chi connectivity index (χ0n) is 15.3. The van der Waals surface area contributed by atoms with E-state index in [0.717, 1.165) is 38.3 Å². The molecular weight excluding hydrogens is 342 g/mol. The molecule has 0 radical (unpaired) electrons. The third kappa shape index (κ3) is 4.29. The minimum absolute atomic E-state index is 0.0933. The Labute approximate surface area is 158 Å². The molecule has 0 unspecified atom stereocenters. The van der Waals surface area contributed by atoms with E-state index >= 15 is 0 Å². The van der Waals surface area contributed by atoms with E-state index in [1.54, 1.807) is 0 Å². The van der Waals surface area contributed by atoms with Crippen molar-refractivity contribution in [2.24, 2.45) is 0 Å². The monoisotopic (exact) mass is 363 g/mol. The van der Waals surface area contributed by atoms with Gasteiger partial charge in [0.05, 0.1) is 0 Å². The number of hydrogen-bond acceptors (Lipinski definition) is 4. The van der Waals surface area contributed by atoms with Crippen molar-refractivity contribution in [1.29, 1.82) is 0 Å². The Balaban J connectivity index is 1.71. The van der Waals surface area contributed by atoms with Crippen LogP contribution in [-0.4, -0.2) is 15.9 Å². The molecule has 0 atom stereocenters. The maximum absolute atomic E-state index is 12.5. The second-order valence-corrected chi connectivity index (χ2v) is 7.30. The molecule has 0 spiro atoms. The van der Waals surface area contributed by atoms with Gasteiger partial charge < -0.3 is 5.32 Å². The molecule has 1 amide bonds. The Morgan fingerprint density at radius 1 is 0.923 bits per heavy atom. The van der Waals surface area contributed by atoms with Crippen molar-refractivity contribution in [3.8, 4) is 0 Å². The Morgan fingerprint density at radius 2 is 1.58 bits per heavy atom. The average Bonchev–Trinajstić information content (AvgIpc) is 2.58. The van der Waals surface area contributed by atoms with Crippen molar-refractivity contribution in [1.82, 2.24) is 9.97 Å². The first-order valence-corrected chi connectivity index (χ1v) is 9.22. The third-order valence-corrected chi connectivity index (χ3v) is 5.01. The third-order valence-electron chi connectivity index (χ3n) is 4.13. The summed E-state index contributed by atoms with van der Waals surface area (Å²) in [6.07, 6.45) is 0. The van der Waals surface area contributed by atoms with Crippen molar-refractivity contribution >= 4 is 23.4 Å². The molecule has 0 saturated carbocycles.